The second-order valence-electron chi connectivity index (χ2n) is 6.58. The highest BCUT2D eigenvalue weighted by molar-refractivity contribution is 6.35. The number of benzene rings is 1. The molecule has 4 rings (SSSR count). The molecule has 3 N–H and O–H groups in total. The van der Waals surface area contributed by atoms with Gasteiger partial charge in [-0.1, -0.05) is 31.5 Å². The smallest absolute Gasteiger partial charge is 0.312 e. The zero-order valence-electron chi connectivity index (χ0n) is 17.0. The second-order valence-corrected chi connectivity index (χ2v) is 6.98. The lowest BCUT2D eigenvalue weighted by molar-refractivity contribution is -0.00814. The molecule has 160 valence electrons. The first-order valence-electron chi connectivity index (χ1n) is 9.79. The van der Waals surface area contributed by atoms with E-state index in [0.29, 0.717) is 11.9 Å². The van der Waals surface area contributed by atoms with E-state index in [1.165, 1.54) is 18.5 Å². The summed E-state index contributed by atoms with van der Waals surface area (Å²) in [6, 6.07) is 4.74. The average Bonchev–Trinajstić information content (AvgIpc) is 3.39. The van der Waals surface area contributed by atoms with Gasteiger partial charge in [-0.2, -0.15) is 0 Å². The number of carbonyl (C=O) groups is 1. The molecular formula is C21H24ClFN4O3. The molecule has 0 radical (unpaired) electrons. The van der Waals surface area contributed by atoms with Crippen molar-refractivity contribution in [1.82, 2.24) is 15.8 Å². The predicted molar refractivity (Wildman–Crippen MR) is 115 cm³/mol. The summed E-state index contributed by atoms with van der Waals surface area (Å²) in [5, 5.41) is 6.77. The Balaban J connectivity index is 0.00000124. The normalized spacial score (nSPS) is 15.6. The molecule has 1 unspecified atom stereocenters. The molecule has 3 aromatic rings. The van der Waals surface area contributed by atoms with Crippen molar-refractivity contribution >= 4 is 39.9 Å². The number of nitrogens with zero attached hydrogens (tertiary/aromatic N) is 1. The molecule has 7 nitrogen and oxygen atoms in total. The number of nitrogens with one attached hydrogen (secondary N) is 3. The van der Waals surface area contributed by atoms with E-state index < -0.39 is 11.7 Å². The number of carbonyl (C=O) groups excluding carboxylic acids is 1. The number of hydrogen-bond acceptors (Lipinski definition) is 6. The quantitative estimate of drug-likeness (QED) is 0.503. The van der Waals surface area contributed by atoms with E-state index in [1.54, 1.807) is 19.1 Å². The zero-order chi connectivity index (χ0) is 21.7. The number of aromatic nitrogens is 1. The minimum atomic E-state index is -0.603. The van der Waals surface area contributed by atoms with Crippen molar-refractivity contribution in [3.05, 3.63) is 52.8 Å². The van der Waals surface area contributed by atoms with Crippen LogP contribution in [0.4, 0.5) is 15.8 Å². The van der Waals surface area contributed by atoms with Gasteiger partial charge in [0.15, 0.2) is 5.58 Å². The number of anilines is 2. The first kappa shape index (κ1) is 22.0. The number of halogens is 2. The topological polar surface area (TPSA) is 88.4 Å². The van der Waals surface area contributed by atoms with Gasteiger partial charge in [-0.05, 0) is 37.6 Å². The van der Waals surface area contributed by atoms with Gasteiger partial charge in [0.05, 0.1) is 17.2 Å². The number of amides is 1. The van der Waals surface area contributed by atoms with Crippen LogP contribution < -0.4 is 16.1 Å². The Morgan fingerprint density at radius 3 is 2.87 bits per heavy atom. The number of aryl methyl sites for hydroxylation is 1. The molecule has 2 aromatic heterocycles. The van der Waals surface area contributed by atoms with Crippen molar-refractivity contribution in [1.29, 1.82) is 0 Å². The molecule has 1 aliphatic heterocycles. The molecule has 1 saturated heterocycles. The number of hydrogen-bond donors (Lipinski definition) is 3. The minimum absolute atomic E-state index is 0.0733. The van der Waals surface area contributed by atoms with Crippen molar-refractivity contribution in [2.45, 2.75) is 33.3 Å². The van der Waals surface area contributed by atoms with Crippen LogP contribution in [0.3, 0.4) is 0 Å². The van der Waals surface area contributed by atoms with Gasteiger partial charge in [0, 0.05) is 18.9 Å². The fourth-order valence-corrected chi connectivity index (χ4v) is 3.23. The summed E-state index contributed by atoms with van der Waals surface area (Å²) in [5.74, 6) is -1.13. The fraction of sp³-hybridized carbons (Fsp3) is 0.333. The molecule has 0 bridgehead atoms. The standard InChI is InChI=1S/C19H18ClFN4O3.C2H6/c1-10-2-3-15(14(21)6-10)24-16-12-8-23-9-13(20)17(12)27-18(16)19(26)25-28-11-4-5-22-7-11;1-2/h2-3,6,8-9,11,22,24H,4-5,7H2,1H3,(H,25,26);1-2H3. The van der Waals surface area contributed by atoms with Gasteiger partial charge in [0.1, 0.15) is 16.5 Å². The SMILES string of the molecule is CC.Cc1ccc(Nc2c(C(=O)NOC3CCNC3)oc3c(Cl)cncc23)c(F)c1. The second kappa shape index (κ2) is 9.88. The van der Waals surface area contributed by atoms with E-state index in [9.17, 15) is 9.18 Å². The van der Waals surface area contributed by atoms with Crippen LogP contribution in [0.1, 0.15) is 36.4 Å². The van der Waals surface area contributed by atoms with E-state index in [-0.39, 0.29) is 33.8 Å². The Morgan fingerprint density at radius 2 is 2.17 bits per heavy atom. The summed E-state index contributed by atoms with van der Waals surface area (Å²) in [5.41, 5.74) is 3.92. The Labute approximate surface area is 178 Å². The highest BCUT2D eigenvalue weighted by Gasteiger charge is 2.25. The van der Waals surface area contributed by atoms with Crippen molar-refractivity contribution in [2.24, 2.45) is 0 Å². The van der Waals surface area contributed by atoms with Gasteiger partial charge in [0.25, 0.3) is 0 Å². The first-order valence-corrected chi connectivity index (χ1v) is 10.2. The molecule has 0 saturated carbocycles. The Bertz CT molecular complexity index is 1030. The average molecular weight is 435 g/mol. The summed E-state index contributed by atoms with van der Waals surface area (Å²) < 4.78 is 20.0. The third kappa shape index (κ3) is 4.72. The lowest BCUT2D eigenvalue weighted by Gasteiger charge is -2.11. The molecule has 1 amide bonds. The van der Waals surface area contributed by atoms with E-state index >= 15 is 0 Å². The summed E-state index contributed by atoms with van der Waals surface area (Å²) in [6.07, 6.45) is 3.57. The van der Waals surface area contributed by atoms with Gasteiger partial charge in [-0.3, -0.25) is 14.6 Å². The highest BCUT2D eigenvalue weighted by Crippen LogP contribution is 2.36. The van der Waals surface area contributed by atoms with E-state index in [2.05, 4.69) is 21.1 Å². The van der Waals surface area contributed by atoms with Crippen LogP contribution in [0.2, 0.25) is 5.02 Å². The Morgan fingerprint density at radius 1 is 1.37 bits per heavy atom. The molecule has 9 heteroatoms. The highest BCUT2D eigenvalue weighted by atomic mass is 35.5. The zero-order valence-corrected chi connectivity index (χ0v) is 17.8. The Hall–Kier alpha value is -2.68. The summed E-state index contributed by atoms with van der Waals surface area (Å²) in [4.78, 5) is 22.1. The monoisotopic (exact) mass is 434 g/mol. The Kier molecular flexibility index (Phi) is 7.25. The maximum atomic E-state index is 14.3. The largest absolute Gasteiger partial charge is 0.447 e. The van der Waals surface area contributed by atoms with Gasteiger partial charge >= 0.3 is 5.91 Å². The van der Waals surface area contributed by atoms with Crippen LogP contribution in [-0.4, -0.2) is 30.1 Å². The van der Waals surface area contributed by atoms with Crippen molar-refractivity contribution in [3.63, 3.8) is 0 Å². The van der Waals surface area contributed by atoms with Gasteiger partial charge in [-0.15, -0.1) is 0 Å². The fourth-order valence-electron chi connectivity index (χ4n) is 3.03. The number of hydroxylamine groups is 1. The molecular weight excluding hydrogens is 411 g/mol. The molecule has 1 aromatic carbocycles. The number of fused-ring (bicyclic) bond motifs is 1. The molecule has 0 aliphatic carbocycles. The van der Waals surface area contributed by atoms with Crippen LogP contribution in [0, 0.1) is 12.7 Å². The number of pyridine rings is 1. The van der Waals surface area contributed by atoms with Gasteiger partial charge in [-0.25, -0.2) is 9.87 Å². The van der Waals surface area contributed by atoms with Crippen LogP contribution >= 0.6 is 11.6 Å². The molecule has 30 heavy (non-hydrogen) atoms. The van der Waals surface area contributed by atoms with Crippen LogP contribution in [0.25, 0.3) is 11.0 Å². The van der Waals surface area contributed by atoms with Crippen LogP contribution in [0.15, 0.2) is 35.0 Å². The molecule has 1 aliphatic rings. The minimum Gasteiger partial charge on any atom is -0.447 e. The predicted octanol–water partition coefficient (Wildman–Crippen LogP) is 4.72. The summed E-state index contributed by atoms with van der Waals surface area (Å²) >= 11 is 6.15. The van der Waals surface area contributed by atoms with E-state index in [4.69, 9.17) is 20.9 Å². The maximum absolute atomic E-state index is 14.3. The lowest BCUT2D eigenvalue weighted by atomic mass is 10.2. The van der Waals surface area contributed by atoms with Crippen LogP contribution in [0.5, 0.6) is 0 Å². The summed E-state index contributed by atoms with van der Waals surface area (Å²) in [6.45, 7) is 7.26. The van der Waals surface area contributed by atoms with E-state index in [0.717, 1.165) is 18.5 Å². The van der Waals surface area contributed by atoms with E-state index in [1.807, 2.05) is 13.8 Å². The molecule has 1 atom stereocenters. The molecule has 3 heterocycles. The number of furan rings is 1. The summed E-state index contributed by atoms with van der Waals surface area (Å²) in [7, 11) is 0. The molecule has 1 fully saturated rings. The first-order chi connectivity index (χ1) is 14.5. The molecule has 0 spiro atoms. The third-order valence-corrected chi connectivity index (χ3v) is 4.75. The van der Waals surface area contributed by atoms with Crippen molar-refractivity contribution < 1.29 is 18.4 Å². The lowest BCUT2D eigenvalue weighted by Crippen LogP contribution is -2.30. The van der Waals surface area contributed by atoms with Crippen molar-refractivity contribution in [2.75, 3.05) is 18.4 Å². The number of rotatable bonds is 5. The van der Waals surface area contributed by atoms with Gasteiger partial charge < -0.3 is 15.1 Å². The van der Waals surface area contributed by atoms with Gasteiger partial charge in [0.2, 0.25) is 5.76 Å². The third-order valence-electron chi connectivity index (χ3n) is 4.48. The van der Waals surface area contributed by atoms with Crippen LogP contribution in [-0.2, 0) is 4.84 Å². The van der Waals surface area contributed by atoms with Crippen molar-refractivity contribution in [3.8, 4) is 0 Å². The maximum Gasteiger partial charge on any atom is 0.312 e.